The maximum absolute atomic E-state index is 5.60. The van der Waals surface area contributed by atoms with E-state index in [1.165, 1.54) is 5.39 Å². The number of piperazine rings is 1. The van der Waals surface area contributed by atoms with Crippen LogP contribution in [0.4, 0.5) is 17.1 Å². The first-order chi connectivity index (χ1) is 14.1. The number of nitrogens with one attached hydrogen (secondary N) is 2. The zero-order chi connectivity index (χ0) is 20.2. The number of benzene rings is 3. The van der Waals surface area contributed by atoms with E-state index in [9.17, 15) is 0 Å². The molecule has 4 rings (SSSR count). The Hall–Kier alpha value is -2.83. The van der Waals surface area contributed by atoms with Crippen LogP contribution in [0.2, 0.25) is 0 Å². The molecular formula is C23H26N4OS. The highest BCUT2D eigenvalue weighted by atomic mass is 32.1. The van der Waals surface area contributed by atoms with Gasteiger partial charge in [-0.15, -0.1) is 0 Å². The predicted molar refractivity (Wildman–Crippen MR) is 126 cm³/mol. The topological polar surface area (TPSA) is 39.8 Å². The summed E-state index contributed by atoms with van der Waals surface area (Å²) in [5.74, 6) is 0.882. The van der Waals surface area contributed by atoms with E-state index in [1.807, 2.05) is 36.4 Å². The first kappa shape index (κ1) is 19.5. The second-order valence-electron chi connectivity index (χ2n) is 7.28. The molecule has 3 aromatic rings. The van der Waals surface area contributed by atoms with Crippen molar-refractivity contribution in [3.63, 3.8) is 0 Å². The van der Waals surface area contributed by atoms with Gasteiger partial charge in [-0.25, -0.2) is 0 Å². The van der Waals surface area contributed by atoms with E-state index in [0.29, 0.717) is 5.11 Å². The Kier molecular flexibility index (Phi) is 5.83. The summed E-state index contributed by atoms with van der Waals surface area (Å²) in [6, 6.07) is 20.6. The Morgan fingerprint density at radius 1 is 0.931 bits per heavy atom. The monoisotopic (exact) mass is 406 g/mol. The van der Waals surface area contributed by atoms with Gasteiger partial charge in [0.15, 0.2) is 5.11 Å². The molecular weight excluding hydrogens is 380 g/mol. The number of rotatable bonds is 4. The van der Waals surface area contributed by atoms with E-state index in [4.69, 9.17) is 17.0 Å². The van der Waals surface area contributed by atoms with Crippen molar-refractivity contribution in [2.24, 2.45) is 0 Å². The van der Waals surface area contributed by atoms with Crippen LogP contribution in [0.15, 0.2) is 60.7 Å². The minimum atomic E-state index is 0.566. The van der Waals surface area contributed by atoms with E-state index >= 15 is 0 Å². The molecule has 0 spiro atoms. The predicted octanol–water partition coefficient (Wildman–Crippen LogP) is 4.41. The lowest BCUT2D eigenvalue weighted by atomic mass is 10.1. The van der Waals surface area contributed by atoms with Gasteiger partial charge in [-0.2, -0.15) is 0 Å². The van der Waals surface area contributed by atoms with Gasteiger partial charge >= 0.3 is 0 Å². The van der Waals surface area contributed by atoms with Crippen LogP contribution in [0.3, 0.4) is 0 Å². The lowest BCUT2D eigenvalue weighted by molar-refractivity contribution is 0.311. The van der Waals surface area contributed by atoms with E-state index in [-0.39, 0.29) is 0 Å². The number of nitrogens with zero attached hydrogens (tertiary/aromatic N) is 2. The maximum atomic E-state index is 5.60. The zero-order valence-corrected chi connectivity index (χ0v) is 17.6. The first-order valence-corrected chi connectivity index (χ1v) is 10.2. The fourth-order valence-corrected chi connectivity index (χ4v) is 3.91. The molecule has 0 atom stereocenters. The van der Waals surface area contributed by atoms with Gasteiger partial charge in [0, 0.05) is 42.9 Å². The largest absolute Gasteiger partial charge is 0.495 e. The molecule has 150 valence electrons. The Morgan fingerprint density at radius 2 is 1.69 bits per heavy atom. The van der Waals surface area contributed by atoms with E-state index in [1.54, 1.807) is 7.11 Å². The van der Waals surface area contributed by atoms with Crippen molar-refractivity contribution in [2.45, 2.75) is 0 Å². The smallest absolute Gasteiger partial charge is 0.175 e. The van der Waals surface area contributed by atoms with Gasteiger partial charge in [0.1, 0.15) is 5.75 Å². The van der Waals surface area contributed by atoms with Gasteiger partial charge in [0.2, 0.25) is 0 Å². The number of hydrogen-bond donors (Lipinski definition) is 2. The SMILES string of the molecule is COc1ccc(NC(=S)Nc2cccc3ccccc23)cc1N1CCN(C)CC1. The number of anilines is 3. The van der Waals surface area contributed by atoms with Crippen molar-refractivity contribution < 1.29 is 4.74 Å². The Labute approximate surface area is 177 Å². The molecule has 6 heteroatoms. The Bertz CT molecular complexity index is 1010. The lowest BCUT2D eigenvalue weighted by Crippen LogP contribution is -2.44. The van der Waals surface area contributed by atoms with Crippen LogP contribution in [-0.4, -0.2) is 50.3 Å². The van der Waals surface area contributed by atoms with Crippen molar-refractivity contribution in [3.8, 4) is 5.75 Å². The molecule has 5 nitrogen and oxygen atoms in total. The van der Waals surface area contributed by atoms with Crippen LogP contribution in [0.1, 0.15) is 0 Å². The third-order valence-corrected chi connectivity index (χ3v) is 5.52. The van der Waals surface area contributed by atoms with Crippen molar-refractivity contribution >= 4 is 45.2 Å². The average molecular weight is 407 g/mol. The summed E-state index contributed by atoms with van der Waals surface area (Å²) in [4.78, 5) is 4.71. The summed E-state index contributed by atoms with van der Waals surface area (Å²) in [7, 11) is 3.87. The molecule has 1 aliphatic heterocycles. The molecule has 0 radical (unpaired) electrons. The van der Waals surface area contributed by atoms with Crippen molar-refractivity contribution in [1.82, 2.24) is 4.90 Å². The van der Waals surface area contributed by atoms with Crippen molar-refractivity contribution in [2.75, 3.05) is 55.9 Å². The molecule has 1 heterocycles. The van der Waals surface area contributed by atoms with Crippen LogP contribution >= 0.6 is 12.2 Å². The molecule has 3 aromatic carbocycles. The zero-order valence-electron chi connectivity index (χ0n) is 16.8. The molecule has 0 saturated carbocycles. The van der Waals surface area contributed by atoms with Crippen molar-refractivity contribution in [3.05, 3.63) is 60.7 Å². The summed E-state index contributed by atoms with van der Waals surface area (Å²) >= 11 is 5.58. The molecule has 0 unspecified atom stereocenters. The molecule has 29 heavy (non-hydrogen) atoms. The van der Waals surface area contributed by atoms with Crippen LogP contribution in [0.25, 0.3) is 10.8 Å². The van der Waals surface area contributed by atoms with E-state index < -0.39 is 0 Å². The van der Waals surface area contributed by atoms with Crippen molar-refractivity contribution in [1.29, 1.82) is 0 Å². The highest BCUT2D eigenvalue weighted by molar-refractivity contribution is 7.80. The van der Waals surface area contributed by atoms with Gasteiger partial charge in [0.25, 0.3) is 0 Å². The second-order valence-corrected chi connectivity index (χ2v) is 7.69. The standard InChI is InChI=1S/C23H26N4OS/c1-26-12-14-27(15-13-26)21-16-18(10-11-22(21)28-2)24-23(29)25-20-9-5-7-17-6-3-4-8-19(17)20/h3-11,16H,12-15H2,1-2H3,(H2,24,25,29). The number of fused-ring (bicyclic) bond motifs is 1. The summed E-state index contributed by atoms with van der Waals surface area (Å²) in [6.45, 7) is 4.05. The summed E-state index contributed by atoms with van der Waals surface area (Å²) in [5.41, 5.74) is 3.03. The summed E-state index contributed by atoms with van der Waals surface area (Å²) in [6.07, 6.45) is 0. The molecule has 0 aliphatic carbocycles. The fraction of sp³-hybridized carbons (Fsp3) is 0.261. The molecule has 1 aliphatic rings. The normalized spacial score (nSPS) is 14.6. The van der Waals surface area contributed by atoms with Gasteiger partial charge < -0.3 is 25.2 Å². The number of hydrogen-bond acceptors (Lipinski definition) is 4. The number of thiocarbonyl (C=S) groups is 1. The molecule has 0 bridgehead atoms. The van der Waals surface area contributed by atoms with Gasteiger partial charge in [-0.3, -0.25) is 0 Å². The fourth-order valence-electron chi connectivity index (χ4n) is 3.68. The third-order valence-electron chi connectivity index (χ3n) is 5.32. The maximum Gasteiger partial charge on any atom is 0.175 e. The molecule has 0 aromatic heterocycles. The van der Waals surface area contributed by atoms with Gasteiger partial charge in [-0.05, 0) is 48.9 Å². The number of methoxy groups -OCH3 is 1. The van der Waals surface area contributed by atoms with Crippen LogP contribution in [0.5, 0.6) is 5.75 Å². The number of likely N-dealkylation sites (N-methyl/N-ethyl adjacent to an activating group) is 1. The molecule has 1 saturated heterocycles. The third kappa shape index (κ3) is 4.44. The Balaban J connectivity index is 1.51. The van der Waals surface area contributed by atoms with Crippen LogP contribution in [0, 0.1) is 0 Å². The number of ether oxygens (including phenoxy) is 1. The van der Waals surface area contributed by atoms with Crippen LogP contribution < -0.4 is 20.3 Å². The first-order valence-electron chi connectivity index (χ1n) is 9.81. The Morgan fingerprint density at radius 3 is 2.48 bits per heavy atom. The quantitative estimate of drug-likeness (QED) is 0.626. The molecule has 2 N–H and O–H groups in total. The lowest BCUT2D eigenvalue weighted by Gasteiger charge is -2.35. The molecule has 0 amide bonds. The summed E-state index contributed by atoms with van der Waals surface area (Å²) < 4.78 is 5.60. The van der Waals surface area contributed by atoms with E-state index in [0.717, 1.165) is 54.4 Å². The minimum absolute atomic E-state index is 0.566. The van der Waals surface area contributed by atoms with Crippen LogP contribution in [-0.2, 0) is 0 Å². The van der Waals surface area contributed by atoms with E-state index in [2.05, 4.69) is 51.7 Å². The molecule has 1 fully saturated rings. The van der Waals surface area contributed by atoms with Gasteiger partial charge in [-0.1, -0.05) is 36.4 Å². The van der Waals surface area contributed by atoms with Gasteiger partial charge in [0.05, 0.1) is 12.8 Å². The average Bonchev–Trinajstić information content (AvgIpc) is 2.74. The highest BCUT2D eigenvalue weighted by Crippen LogP contribution is 2.32. The highest BCUT2D eigenvalue weighted by Gasteiger charge is 2.18. The second kappa shape index (κ2) is 8.68. The minimum Gasteiger partial charge on any atom is -0.495 e. The summed E-state index contributed by atoms with van der Waals surface area (Å²) in [5, 5.41) is 9.55.